The van der Waals surface area contributed by atoms with Crippen LogP contribution in [0.4, 0.5) is 0 Å². The molecule has 106 valence electrons. The number of carbonyl (C=O) groups is 1. The van der Waals surface area contributed by atoms with Crippen molar-refractivity contribution in [2.24, 2.45) is 18.7 Å². The zero-order chi connectivity index (χ0) is 13.7. The number of nitrogens with one attached hydrogen (secondary N) is 1. The number of aromatic nitrogens is 2. The Labute approximate surface area is 114 Å². The van der Waals surface area contributed by atoms with Gasteiger partial charge in [0.2, 0.25) is 5.91 Å². The number of aryl methyl sites for hydroxylation is 1. The van der Waals surface area contributed by atoms with Gasteiger partial charge in [0, 0.05) is 37.8 Å². The summed E-state index contributed by atoms with van der Waals surface area (Å²) >= 11 is 0. The molecule has 5 nitrogen and oxygen atoms in total. The van der Waals surface area contributed by atoms with Crippen LogP contribution >= 0.6 is 0 Å². The van der Waals surface area contributed by atoms with Gasteiger partial charge in [-0.1, -0.05) is 19.3 Å². The lowest BCUT2D eigenvalue weighted by Crippen LogP contribution is -2.40. The molecular formula is C14H24N4O. The SMILES string of the molecule is Cn1cc(CN[C@@H](CC(N)=O)C2CCCCC2)cn1. The van der Waals surface area contributed by atoms with Crippen molar-refractivity contribution in [2.75, 3.05) is 0 Å². The molecule has 5 heteroatoms. The molecule has 0 saturated heterocycles. The van der Waals surface area contributed by atoms with Gasteiger partial charge in [0.05, 0.1) is 6.20 Å². The molecule has 1 aliphatic carbocycles. The van der Waals surface area contributed by atoms with Gasteiger partial charge in [-0.05, 0) is 18.8 Å². The van der Waals surface area contributed by atoms with E-state index in [1.54, 1.807) is 4.68 Å². The molecule has 1 aromatic rings. The minimum atomic E-state index is -0.214. The van der Waals surface area contributed by atoms with Crippen LogP contribution < -0.4 is 11.1 Å². The predicted octanol–water partition coefficient (Wildman–Crippen LogP) is 1.33. The number of nitrogens with two attached hydrogens (primary N) is 1. The summed E-state index contributed by atoms with van der Waals surface area (Å²) in [6, 6.07) is 0.206. The first-order valence-corrected chi connectivity index (χ1v) is 7.14. The number of hydrogen-bond acceptors (Lipinski definition) is 3. The maximum Gasteiger partial charge on any atom is 0.218 e. The number of rotatable bonds is 6. The van der Waals surface area contributed by atoms with Crippen molar-refractivity contribution in [2.45, 2.75) is 51.1 Å². The van der Waals surface area contributed by atoms with Gasteiger partial charge in [-0.2, -0.15) is 5.10 Å². The maximum absolute atomic E-state index is 11.2. The standard InChI is InChI=1S/C14H24N4O/c1-18-10-11(9-17-18)8-16-13(7-14(15)19)12-5-3-2-4-6-12/h9-10,12-13,16H,2-8H2,1H3,(H2,15,19)/t13-/m0/s1. The van der Waals surface area contributed by atoms with Gasteiger partial charge in [0.15, 0.2) is 0 Å². The highest BCUT2D eigenvalue weighted by atomic mass is 16.1. The summed E-state index contributed by atoms with van der Waals surface area (Å²) in [5.74, 6) is 0.368. The lowest BCUT2D eigenvalue weighted by atomic mass is 9.82. The fourth-order valence-electron chi connectivity index (χ4n) is 2.97. The third kappa shape index (κ3) is 4.35. The highest BCUT2D eigenvalue weighted by Crippen LogP contribution is 2.27. The Morgan fingerprint density at radius 2 is 2.26 bits per heavy atom. The molecule has 0 unspecified atom stereocenters. The molecule has 2 rings (SSSR count). The van der Waals surface area contributed by atoms with Crippen molar-refractivity contribution in [3.05, 3.63) is 18.0 Å². The molecule has 1 aliphatic rings. The van der Waals surface area contributed by atoms with Crippen LogP contribution in [0.25, 0.3) is 0 Å². The van der Waals surface area contributed by atoms with E-state index in [2.05, 4.69) is 10.4 Å². The van der Waals surface area contributed by atoms with Crippen LogP contribution in [-0.2, 0) is 18.4 Å². The van der Waals surface area contributed by atoms with E-state index in [0.717, 1.165) is 12.1 Å². The quantitative estimate of drug-likeness (QED) is 0.814. The molecule has 0 aromatic carbocycles. The summed E-state index contributed by atoms with van der Waals surface area (Å²) in [6.07, 6.45) is 10.6. The Bertz CT molecular complexity index is 409. The van der Waals surface area contributed by atoms with Gasteiger partial charge in [-0.15, -0.1) is 0 Å². The van der Waals surface area contributed by atoms with E-state index in [1.165, 1.54) is 32.1 Å². The van der Waals surface area contributed by atoms with E-state index in [9.17, 15) is 4.79 Å². The molecule has 1 saturated carbocycles. The Hall–Kier alpha value is -1.36. The summed E-state index contributed by atoms with van der Waals surface area (Å²) in [4.78, 5) is 11.2. The zero-order valence-electron chi connectivity index (χ0n) is 11.6. The van der Waals surface area contributed by atoms with Gasteiger partial charge >= 0.3 is 0 Å². The van der Waals surface area contributed by atoms with E-state index in [1.807, 2.05) is 19.4 Å². The van der Waals surface area contributed by atoms with Crippen molar-refractivity contribution in [1.82, 2.24) is 15.1 Å². The first-order chi connectivity index (χ1) is 9.15. The molecule has 1 atom stereocenters. The summed E-state index contributed by atoms with van der Waals surface area (Å²) in [7, 11) is 1.91. The first-order valence-electron chi connectivity index (χ1n) is 7.14. The van der Waals surface area contributed by atoms with Crippen LogP contribution in [-0.4, -0.2) is 21.7 Å². The fraction of sp³-hybridized carbons (Fsp3) is 0.714. The zero-order valence-corrected chi connectivity index (χ0v) is 11.6. The number of amides is 1. The Morgan fingerprint density at radius 1 is 1.53 bits per heavy atom. The first kappa shape index (κ1) is 14.1. The Balaban J connectivity index is 1.90. The lowest BCUT2D eigenvalue weighted by molar-refractivity contribution is -0.118. The molecule has 3 N–H and O–H groups in total. The van der Waals surface area contributed by atoms with Crippen LogP contribution in [0.15, 0.2) is 12.4 Å². The minimum Gasteiger partial charge on any atom is -0.370 e. The second-order valence-electron chi connectivity index (χ2n) is 5.58. The predicted molar refractivity (Wildman–Crippen MR) is 74.2 cm³/mol. The summed E-state index contributed by atoms with van der Waals surface area (Å²) < 4.78 is 1.79. The highest BCUT2D eigenvalue weighted by Gasteiger charge is 2.24. The van der Waals surface area contributed by atoms with Crippen LogP contribution in [0.5, 0.6) is 0 Å². The van der Waals surface area contributed by atoms with Gasteiger partial charge in [0.25, 0.3) is 0 Å². The molecule has 0 radical (unpaired) electrons. The van der Waals surface area contributed by atoms with Gasteiger partial charge in [0.1, 0.15) is 0 Å². The highest BCUT2D eigenvalue weighted by molar-refractivity contribution is 5.74. The molecule has 19 heavy (non-hydrogen) atoms. The number of carbonyl (C=O) groups excluding carboxylic acids is 1. The smallest absolute Gasteiger partial charge is 0.218 e. The fourth-order valence-corrected chi connectivity index (χ4v) is 2.97. The van der Waals surface area contributed by atoms with Crippen molar-refractivity contribution >= 4 is 5.91 Å². The van der Waals surface area contributed by atoms with Crippen molar-refractivity contribution < 1.29 is 4.79 Å². The van der Waals surface area contributed by atoms with E-state index in [0.29, 0.717) is 12.3 Å². The summed E-state index contributed by atoms with van der Waals surface area (Å²) in [6.45, 7) is 0.752. The third-order valence-electron chi connectivity index (χ3n) is 3.97. The Morgan fingerprint density at radius 3 is 2.84 bits per heavy atom. The molecule has 1 amide bonds. The summed E-state index contributed by atoms with van der Waals surface area (Å²) in [5.41, 5.74) is 6.52. The second kappa shape index (κ2) is 6.70. The summed E-state index contributed by atoms with van der Waals surface area (Å²) in [5, 5.41) is 7.65. The van der Waals surface area contributed by atoms with Crippen molar-refractivity contribution in [3.63, 3.8) is 0 Å². The lowest BCUT2D eigenvalue weighted by Gasteiger charge is -2.30. The average molecular weight is 264 g/mol. The van der Waals surface area contributed by atoms with Crippen LogP contribution in [0, 0.1) is 5.92 Å². The maximum atomic E-state index is 11.2. The van der Waals surface area contributed by atoms with Gasteiger partial charge in [-0.3, -0.25) is 9.48 Å². The Kier molecular flexibility index (Phi) is 4.96. The average Bonchev–Trinajstić information content (AvgIpc) is 2.81. The molecule has 1 aromatic heterocycles. The minimum absolute atomic E-state index is 0.206. The molecule has 1 heterocycles. The van der Waals surface area contributed by atoms with Crippen molar-refractivity contribution in [1.29, 1.82) is 0 Å². The van der Waals surface area contributed by atoms with E-state index < -0.39 is 0 Å². The molecule has 0 bridgehead atoms. The van der Waals surface area contributed by atoms with Crippen LogP contribution in [0.2, 0.25) is 0 Å². The van der Waals surface area contributed by atoms with E-state index in [-0.39, 0.29) is 11.9 Å². The van der Waals surface area contributed by atoms with Crippen LogP contribution in [0.3, 0.4) is 0 Å². The van der Waals surface area contributed by atoms with Gasteiger partial charge in [-0.25, -0.2) is 0 Å². The largest absolute Gasteiger partial charge is 0.370 e. The topological polar surface area (TPSA) is 72.9 Å². The molecule has 0 aliphatic heterocycles. The van der Waals surface area contributed by atoms with E-state index >= 15 is 0 Å². The third-order valence-corrected chi connectivity index (χ3v) is 3.97. The molecule has 0 spiro atoms. The van der Waals surface area contributed by atoms with Crippen molar-refractivity contribution in [3.8, 4) is 0 Å². The normalized spacial score (nSPS) is 18.4. The molecular weight excluding hydrogens is 240 g/mol. The number of hydrogen-bond donors (Lipinski definition) is 2. The van der Waals surface area contributed by atoms with Gasteiger partial charge < -0.3 is 11.1 Å². The molecule has 1 fully saturated rings. The monoisotopic (exact) mass is 264 g/mol. The van der Waals surface area contributed by atoms with Crippen LogP contribution in [0.1, 0.15) is 44.1 Å². The number of nitrogens with zero attached hydrogens (tertiary/aromatic N) is 2. The number of primary amides is 1. The van der Waals surface area contributed by atoms with E-state index in [4.69, 9.17) is 5.73 Å². The second-order valence-corrected chi connectivity index (χ2v) is 5.58.